The topological polar surface area (TPSA) is 49.8 Å². The van der Waals surface area contributed by atoms with Gasteiger partial charge in [-0.1, -0.05) is 30.3 Å². The molecular formula is C20H31NO3. The van der Waals surface area contributed by atoms with Crippen LogP contribution in [0.15, 0.2) is 30.3 Å². The molecule has 4 nitrogen and oxygen atoms in total. The van der Waals surface area contributed by atoms with Crippen molar-refractivity contribution in [1.82, 2.24) is 4.90 Å². The number of ether oxygens (including phenoxy) is 1. The third kappa shape index (κ3) is 6.16. The highest BCUT2D eigenvalue weighted by atomic mass is 16.6. The van der Waals surface area contributed by atoms with E-state index in [2.05, 4.69) is 24.3 Å². The summed E-state index contributed by atoms with van der Waals surface area (Å²) in [5.41, 5.74) is 0.172. The lowest BCUT2D eigenvalue weighted by molar-refractivity contribution is 0.00939. The average Bonchev–Trinajstić information content (AvgIpc) is 2.69. The van der Waals surface area contributed by atoms with E-state index >= 15 is 0 Å². The fraction of sp³-hybridized carbons (Fsp3) is 0.650. The zero-order chi connectivity index (χ0) is 17.6. The van der Waals surface area contributed by atoms with E-state index in [1.54, 1.807) is 4.90 Å². The average molecular weight is 333 g/mol. The molecule has 0 radical (unpaired) electrons. The van der Waals surface area contributed by atoms with Crippen LogP contribution in [-0.2, 0) is 11.2 Å². The Morgan fingerprint density at radius 2 is 1.92 bits per heavy atom. The van der Waals surface area contributed by atoms with Crippen LogP contribution in [0.4, 0.5) is 4.79 Å². The Balaban J connectivity index is 1.81. The largest absolute Gasteiger partial charge is 0.444 e. The predicted octanol–water partition coefficient (Wildman–Crippen LogP) is 4.16. The molecule has 1 aliphatic rings. The van der Waals surface area contributed by atoms with Gasteiger partial charge >= 0.3 is 6.09 Å². The monoisotopic (exact) mass is 333 g/mol. The first-order valence-electron chi connectivity index (χ1n) is 9.02. The smallest absolute Gasteiger partial charge is 0.410 e. The van der Waals surface area contributed by atoms with E-state index in [9.17, 15) is 9.90 Å². The number of benzene rings is 1. The van der Waals surface area contributed by atoms with Crippen LogP contribution in [0.3, 0.4) is 0 Å². The normalized spacial score (nSPS) is 22.1. The molecule has 134 valence electrons. The molecule has 0 aliphatic carbocycles. The Labute approximate surface area is 145 Å². The van der Waals surface area contributed by atoms with Gasteiger partial charge in [-0.25, -0.2) is 4.79 Å². The van der Waals surface area contributed by atoms with E-state index in [4.69, 9.17) is 4.74 Å². The second kappa shape index (κ2) is 8.02. The molecular weight excluding hydrogens is 302 g/mol. The van der Waals surface area contributed by atoms with Gasteiger partial charge < -0.3 is 14.7 Å². The van der Waals surface area contributed by atoms with Crippen LogP contribution in [-0.4, -0.2) is 40.4 Å². The second-order valence-corrected chi connectivity index (χ2v) is 7.88. The molecule has 0 spiro atoms. The summed E-state index contributed by atoms with van der Waals surface area (Å²) in [7, 11) is 0. The quantitative estimate of drug-likeness (QED) is 0.900. The number of hydrogen-bond donors (Lipinski definition) is 1. The maximum absolute atomic E-state index is 12.2. The van der Waals surface area contributed by atoms with Crippen LogP contribution in [0.2, 0.25) is 0 Å². The minimum atomic E-state index is -0.661. The van der Waals surface area contributed by atoms with Gasteiger partial charge in [-0.2, -0.15) is 0 Å². The summed E-state index contributed by atoms with van der Waals surface area (Å²) < 4.78 is 5.45. The molecule has 0 aromatic heterocycles. The lowest BCUT2D eigenvalue weighted by atomic mass is 9.88. The minimum absolute atomic E-state index is 0.268. The first kappa shape index (κ1) is 18.8. The van der Waals surface area contributed by atoms with Crippen molar-refractivity contribution in [1.29, 1.82) is 0 Å². The van der Waals surface area contributed by atoms with Crippen molar-refractivity contribution >= 4 is 6.09 Å². The van der Waals surface area contributed by atoms with Crippen LogP contribution in [0, 0.1) is 0 Å². The van der Waals surface area contributed by atoms with E-state index in [-0.39, 0.29) is 6.09 Å². The van der Waals surface area contributed by atoms with Gasteiger partial charge in [-0.05, 0) is 64.9 Å². The maximum Gasteiger partial charge on any atom is 0.410 e. The number of aliphatic hydroxyl groups is 1. The van der Waals surface area contributed by atoms with Crippen molar-refractivity contribution in [2.75, 3.05) is 13.1 Å². The number of likely N-dealkylation sites (tertiary alicyclic amines) is 1. The van der Waals surface area contributed by atoms with Gasteiger partial charge in [0.15, 0.2) is 0 Å². The molecule has 1 aliphatic heterocycles. The summed E-state index contributed by atoms with van der Waals surface area (Å²) in [6.45, 7) is 6.86. The Morgan fingerprint density at radius 3 is 2.58 bits per heavy atom. The highest BCUT2D eigenvalue weighted by Crippen LogP contribution is 2.28. The highest BCUT2D eigenvalue weighted by Gasteiger charge is 2.32. The molecule has 4 heteroatoms. The first-order valence-corrected chi connectivity index (χ1v) is 9.02. The Kier molecular flexibility index (Phi) is 6.27. The van der Waals surface area contributed by atoms with Gasteiger partial charge in [-0.15, -0.1) is 0 Å². The van der Waals surface area contributed by atoms with Gasteiger partial charge in [0.25, 0.3) is 0 Å². The molecule has 1 N–H and O–H groups in total. The fourth-order valence-electron chi connectivity index (χ4n) is 3.20. The molecule has 0 saturated carbocycles. The fourth-order valence-corrected chi connectivity index (χ4v) is 3.20. The summed E-state index contributed by atoms with van der Waals surface area (Å²) in [4.78, 5) is 13.9. The molecule has 1 heterocycles. The zero-order valence-electron chi connectivity index (χ0n) is 15.3. The van der Waals surface area contributed by atoms with Crippen LogP contribution < -0.4 is 0 Å². The van der Waals surface area contributed by atoms with E-state index in [0.717, 1.165) is 32.1 Å². The van der Waals surface area contributed by atoms with Crippen LogP contribution in [0.1, 0.15) is 58.4 Å². The molecule has 1 unspecified atom stereocenters. The zero-order valence-corrected chi connectivity index (χ0v) is 15.3. The van der Waals surface area contributed by atoms with Crippen molar-refractivity contribution in [3.63, 3.8) is 0 Å². The summed E-state index contributed by atoms with van der Waals surface area (Å²) in [5.74, 6) is 0. The van der Waals surface area contributed by atoms with Crippen LogP contribution in [0.25, 0.3) is 0 Å². The number of carbonyl (C=O) groups is 1. The molecule has 1 amide bonds. The molecule has 1 fully saturated rings. The summed E-state index contributed by atoms with van der Waals surface area (Å²) in [6.07, 6.45) is 4.66. The SMILES string of the molecule is CC(C)(C)OC(=O)N1CCCC(O)(CCCc2ccccc2)CC1. The molecule has 2 rings (SSSR count). The number of amides is 1. The van der Waals surface area contributed by atoms with Crippen molar-refractivity contribution in [3.05, 3.63) is 35.9 Å². The van der Waals surface area contributed by atoms with Crippen molar-refractivity contribution in [2.24, 2.45) is 0 Å². The molecule has 1 aromatic rings. The third-order valence-corrected chi connectivity index (χ3v) is 4.52. The second-order valence-electron chi connectivity index (χ2n) is 7.88. The molecule has 0 bridgehead atoms. The molecule has 1 saturated heterocycles. The Hall–Kier alpha value is -1.55. The third-order valence-electron chi connectivity index (χ3n) is 4.52. The van der Waals surface area contributed by atoms with E-state index in [1.807, 2.05) is 26.8 Å². The lowest BCUT2D eigenvalue weighted by Crippen LogP contribution is -2.38. The van der Waals surface area contributed by atoms with Crippen molar-refractivity contribution in [3.8, 4) is 0 Å². The lowest BCUT2D eigenvalue weighted by Gasteiger charge is -2.28. The van der Waals surface area contributed by atoms with Gasteiger partial charge in [-0.3, -0.25) is 0 Å². The summed E-state index contributed by atoms with van der Waals surface area (Å²) >= 11 is 0. The van der Waals surface area contributed by atoms with Gasteiger partial charge in [0.2, 0.25) is 0 Å². The number of carbonyl (C=O) groups excluding carboxylic acids is 1. The van der Waals surface area contributed by atoms with Crippen LogP contribution in [0.5, 0.6) is 0 Å². The molecule has 1 atom stereocenters. The Bertz CT molecular complexity index is 523. The van der Waals surface area contributed by atoms with Gasteiger partial charge in [0.1, 0.15) is 5.60 Å². The first-order chi connectivity index (χ1) is 11.3. The number of nitrogens with zero attached hydrogens (tertiary/aromatic N) is 1. The number of rotatable bonds is 4. The minimum Gasteiger partial charge on any atom is -0.444 e. The summed E-state index contributed by atoms with van der Waals surface area (Å²) in [6, 6.07) is 10.4. The number of aryl methyl sites for hydroxylation is 1. The van der Waals surface area contributed by atoms with Gasteiger partial charge in [0.05, 0.1) is 5.60 Å². The maximum atomic E-state index is 12.2. The predicted molar refractivity (Wildman–Crippen MR) is 96.0 cm³/mol. The van der Waals surface area contributed by atoms with Gasteiger partial charge in [0, 0.05) is 13.1 Å². The highest BCUT2D eigenvalue weighted by molar-refractivity contribution is 5.68. The van der Waals surface area contributed by atoms with E-state index in [1.165, 1.54) is 5.56 Å². The summed E-state index contributed by atoms with van der Waals surface area (Å²) in [5, 5.41) is 10.9. The standard InChI is InChI=1S/C20H31NO3/c1-19(2,3)24-18(22)21-15-8-13-20(23,14-16-21)12-7-11-17-9-5-4-6-10-17/h4-6,9-10,23H,7-8,11-16H2,1-3H3. The van der Waals surface area contributed by atoms with Crippen LogP contribution >= 0.6 is 0 Å². The van der Waals surface area contributed by atoms with E-state index in [0.29, 0.717) is 19.5 Å². The van der Waals surface area contributed by atoms with Crippen molar-refractivity contribution in [2.45, 2.75) is 70.5 Å². The Morgan fingerprint density at radius 1 is 1.21 bits per heavy atom. The number of hydrogen-bond acceptors (Lipinski definition) is 3. The van der Waals surface area contributed by atoms with E-state index < -0.39 is 11.2 Å². The van der Waals surface area contributed by atoms with Crippen molar-refractivity contribution < 1.29 is 14.6 Å². The molecule has 1 aromatic carbocycles. The molecule has 24 heavy (non-hydrogen) atoms.